The predicted octanol–water partition coefficient (Wildman–Crippen LogP) is 3.68. The zero-order valence-electron chi connectivity index (χ0n) is 15.3. The van der Waals surface area contributed by atoms with Crippen molar-refractivity contribution in [2.24, 2.45) is 0 Å². The van der Waals surface area contributed by atoms with Gasteiger partial charge in [-0.2, -0.15) is 0 Å². The van der Waals surface area contributed by atoms with Gasteiger partial charge in [-0.3, -0.25) is 19.8 Å². The van der Waals surface area contributed by atoms with Gasteiger partial charge in [-0.15, -0.1) is 11.3 Å². The summed E-state index contributed by atoms with van der Waals surface area (Å²) in [5.74, 6) is -1.01. The summed E-state index contributed by atoms with van der Waals surface area (Å²) in [6, 6.07) is 12.6. The van der Waals surface area contributed by atoms with Crippen molar-refractivity contribution in [3.63, 3.8) is 0 Å². The van der Waals surface area contributed by atoms with E-state index < -0.39 is 10.9 Å². The lowest BCUT2D eigenvalue weighted by Crippen LogP contribution is -2.22. The molecule has 0 fully saturated rings. The largest absolute Gasteiger partial charge is 0.455 e. The van der Waals surface area contributed by atoms with Gasteiger partial charge in [0, 0.05) is 30.1 Å². The van der Waals surface area contributed by atoms with Crippen LogP contribution in [0.1, 0.15) is 23.0 Å². The van der Waals surface area contributed by atoms with E-state index >= 15 is 0 Å². The van der Waals surface area contributed by atoms with Crippen LogP contribution in [0.5, 0.6) is 0 Å². The molecule has 1 heterocycles. The molecule has 148 valence electrons. The Morgan fingerprint density at radius 2 is 1.97 bits per heavy atom. The maximum atomic E-state index is 12.3. The average molecular weight is 412 g/mol. The summed E-state index contributed by atoms with van der Waals surface area (Å²) in [5, 5.41) is 13.0. The molecule has 2 aromatic carbocycles. The lowest BCUT2D eigenvalue weighted by atomic mass is 10.1. The fourth-order valence-electron chi connectivity index (χ4n) is 2.52. The van der Waals surface area contributed by atoms with Crippen LogP contribution < -0.4 is 10.6 Å². The van der Waals surface area contributed by atoms with E-state index in [-0.39, 0.29) is 29.5 Å². The first kappa shape index (κ1) is 20.0. The third kappa shape index (κ3) is 4.55. The van der Waals surface area contributed by atoms with Crippen LogP contribution in [0.3, 0.4) is 0 Å². The number of nitrogens with zero attached hydrogens (tertiary/aromatic N) is 3. The third-order valence-corrected chi connectivity index (χ3v) is 4.75. The summed E-state index contributed by atoms with van der Waals surface area (Å²) >= 11 is 1.23. The highest BCUT2D eigenvalue weighted by molar-refractivity contribution is 7.14. The minimum Gasteiger partial charge on any atom is -0.455 e. The fraction of sp³-hybridized carbons (Fsp3) is 0.105. The molecule has 10 heteroatoms. The van der Waals surface area contributed by atoms with Gasteiger partial charge in [0.1, 0.15) is 6.61 Å². The van der Waals surface area contributed by atoms with E-state index in [1.165, 1.54) is 35.3 Å². The summed E-state index contributed by atoms with van der Waals surface area (Å²) < 4.78 is 5.19. The van der Waals surface area contributed by atoms with Crippen LogP contribution in [0.4, 0.5) is 22.2 Å². The molecule has 3 aromatic rings. The molecule has 0 aliphatic heterocycles. The molecule has 0 saturated heterocycles. The number of thiazole rings is 1. The Morgan fingerprint density at radius 1 is 1.24 bits per heavy atom. The molecule has 1 amide bonds. The molecule has 0 saturated carbocycles. The van der Waals surface area contributed by atoms with E-state index in [2.05, 4.69) is 4.98 Å². The second-order valence-corrected chi connectivity index (χ2v) is 6.75. The number of ether oxygens (including phenoxy) is 1. The van der Waals surface area contributed by atoms with Crippen molar-refractivity contribution in [1.82, 2.24) is 4.98 Å². The molecular weight excluding hydrogens is 396 g/mol. The molecule has 0 aliphatic carbocycles. The molecule has 0 unspecified atom stereocenters. The highest BCUT2D eigenvalue weighted by atomic mass is 32.1. The van der Waals surface area contributed by atoms with Crippen molar-refractivity contribution in [2.45, 2.75) is 13.5 Å². The fourth-order valence-corrected chi connectivity index (χ4v) is 3.39. The molecule has 0 radical (unpaired) electrons. The van der Waals surface area contributed by atoms with Gasteiger partial charge in [0.2, 0.25) is 5.91 Å². The average Bonchev–Trinajstić information content (AvgIpc) is 3.15. The quantitative estimate of drug-likeness (QED) is 0.283. The minimum absolute atomic E-state index is 0.0754. The molecule has 0 bridgehead atoms. The predicted molar refractivity (Wildman–Crippen MR) is 108 cm³/mol. The Balaban J connectivity index is 1.74. The van der Waals surface area contributed by atoms with Crippen LogP contribution in [0.25, 0.3) is 0 Å². The standard InChI is InChI=1S/C19H16N4O5S/c1-12(24)22(14-5-3-2-4-6-14)19-21-13(11-29-19)10-28-18(25)16-9-15(23(26)27)7-8-17(16)20/h2-9,11H,10,20H2,1H3. The van der Waals surface area contributed by atoms with Gasteiger partial charge in [0.15, 0.2) is 5.13 Å². The summed E-state index contributed by atoms with van der Waals surface area (Å²) in [6.45, 7) is 1.26. The Hall–Kier alpha value is -3.79. The number of para-hydroxylation sites is 1. The number of anilines is 3. The van der Waals surface area contributed by atoms with Gasteiger partial charge in [-0.1, -0.05) is 18.2 Å². The number of carbonyl (C=O) groups excluding carboxylic acids is 2. The number of carbonyl (C=O) groups is 2. The smallest absolute Gasteiger partial charge is 0.340 e. The normalized spacial score (nSPS) is 10.4. The number of benzene rings is 2. The van der Waals surface area contributed by atoms with E-state index in [0.717, 1.165) is 6.07 Å². The number of amides is 1. The monoisotopic (exact) mass is 412 g/mol. The van der Waals surface area contributed by atoms with E-state index in [4.69, 9.17) is 10.5 Å². The van der Waals surface area contributed by atoms with Crippen LogP contribution in [0.2, 0.25) is 0 Å². The Bertz CT molecular complexity index is 1070. The summed E-state index contributed by atoms with van der Waals surface area (Å²) in [7, 11) is 0. The number of rotatable bonds is 6. The highest BCUT2D eigenvalue weighted by Gasteiger charge is 2.20. The third-order valence-electron chi connectivity index (χ3n) is 3.88. The number of nitrogen functional groups attached to an aromatic ring is 1. The second-order valence-electron chi connectivity index (χ2n) is 5.92. The molecule has 9 nitrogen and oxygen atoms in total. The summed E-state index contributed by atoms with van der Waals surface area (Å²) in [6.07, 6.45) is 0. The van der Waals surface area contributed by atoms with E-state index in [0.29, 0.717) is 16.5 Å². The van der Waals surface area contributed by atoms with Gasteiger partial charge in [-0.25, -0.2) is 9.78 Å². The van der Waals surface area contributed by atoms with Crippen LogP contribution in [0, 0.1) is 10.1 Å². The van der Waals surface area contributed by atoms with Crippen molar-refractivity contribution < 1.29 is 19.2 Å². The maximum absolute atomic E-state index is 12.3. The number of aromatic nitrogens is 1. The van der Waals surface area contributed by atoms with Crippen LogP contribution in [-0.2, 0) is 16.1 Å². The van der Waals surface area contributed by atoms with E-state index in [1.54, 1.807) is 17.5 Å². The van der Waals surface area contributed by atoms with Crippen LogP contribution >= 0.6 is 11.3 Å². The molecule has 0 spiro atoms. The van der Waals surface area contributed by atoms with Crippen molar-refractivity contribution >= 4 is 45.4 Å². The van der Waals surface area contributed by atoms with Gasteiger partial charge in [0.25, 0.3) is 5.69 Å². The van der Waals surface area contributed by atoms with E-state index in [1.807, 2.05) is 18.2 Å². The van der Waals surface area contributed by atoms with Crippen LogP contribution in [-0.4, -0.2) is 21.8 Å². The number of nitro benzene ring substituents is 1. The summed E-state index contributed by atoms with van der Waals surface area (Å²) in [4.78, 5) is 40.4. The molecule has 0 aliphatic rings. The Labute approximate surface area is 169 Å². The number of hydrogen-bond donors (Lipinski definition) is 1. The van der Waals surface area contributed by atoms with Crippen LogP contribution in [0.15, 0.2) is 53.9 Å². The number of nitro groups is 1. The summed E-state index contributed by atoms with van der Waals surface area (Å²) in [5.41, 5.74) is 6.54. The highest BCUT2D eigenvalue weighted by Crippen LogP contribution is 2.29. The first-order valence-electron chi connectivity index (χ1n) is 8.38. The van der Waals surface area contributed by atoms with Gasteiger partial charge in [-0.05, 0) is 18.2 Å². The zero-order chi connectivity index (χ0) is 21.0. The minimum atomic E-state index is -0.799. The van der Waals surface area contributed by atoms with Gasteiger partial charge in [0.05, 0.1) is 21.9 Å². The lowest BCUT2D eigenvalue weighted by Gasteiger charge is -2.17. The SMILES string of the molecule is CC(=O)N(c1ccccc1)c1nc(COC(=O)c2cc([N+](=O)[O-])ccc2N)cs1. The van der Waals surface area contributed by atoms with Gasteiger partial charge >= 0.3 is 5.97 Å². The van der Waals surface area contributed by atoms with Crippen molar-refractivity contribution in [3.05, 3.63) is 75.3 Å². The first-order chi connectivity index (χ1) is 13.9. The Kier molecular flexibility index (Phi) is 5.84. The van der Waals surface area contributed by atoms with Crippen molar-refractivity contribution in [2.75, 3.05) is 10.6 Å². The van der Waals surface area contributed by atoms with Gasteiger partial charge < -0.3 is 10.5 Å². The van der Waals surface area contributed by atoms with Crippen molar-refractivity contribution in [1.29, 1.82) is 0 Å². The molecule has 3 rings (SSSR count). The molecule has 2 N–H and O–H groups in total. The maximum Gasteiger partial charge on any atom is 0.340 e. The number of esters is 1. The Morgan fingerprint density at radius 3 is 2.62 bits per heavy atom. The first-order valence-corrected chi connectivity index (χ1v) is 9.26. The molecule has 1 aromatic heterocycles. The van der Waals surface area contributed by atoms with Crippen molar-refractivity contribution in [3.8, 4) is 0 Å². The molecule has 0 atom stereocenters. The van der Waals surface area contributed by atoms with E-state index in [9.17, 15) is 19.7 Å². The number of nitrogens with two attached hydrogens (primary N) is 1. The molecule has 29 heavy (non-hydrogen) atoms. The lowest BCUT2D eigenvalue weighted by molar-refractivity contribution is -0.384. The number of non-ortho nitro benzene ring substituents is 1. The number of hydrogen-bond acceptors (Lipinski definition) is 8. The molecular formula is C19H16N4O5S. The second kappa shape index (κ2) is 8.48. The zero-order valence-corrected chi connectivity index (χ0v) is 16.1. The topological polar surface area (TPSA) is 129 Å².